The van der Waals surface area contributed by atoms with Crippen molar-refractivity contribution in [3.63, 3.8) is 0 Å². The molecule has 2 aromatic carbocycles. The van der Waals surface area contributed by atoms with Gasteiger partial charge in [-0.2, -0.15) is 0 Å². The van der Waals surface area contributed by atoms with Gasteiger partial charge in [-0.25, -0.2) is 13.1 Å². The van der Waals surface area contributed by atoms with Gasteiger partial charge in [0.2, 0.25) is 0 Å². The molecular weight excluding hydrogens is 394 g/mol. The van der Waals surface area contributed by atoms with Gasteiger partial charge in [0.05, 0.1) is 16.6 Å². The van der Waals surface area contributed by atoms with Gasteiger partial charge in [0.25, 0.3) is 15.8 Å². The summed E-state index contributed by atoms with van der Waals surface area (Å²) in [6, 6.07) is 19.3. The Morgan fingerprint density at radius 1 is 0.897 bits per heavy atom. The van der Waals surface area contributed by atoms with Gasteiger partial charge < -0.3 is 0 Å². The Morgan fingerprint density at radius 2 is 1.59 bits per heavy atom. The van der Waals surface area contributed by atoms with E-state index >= 15 is 0 Å². The maximum absolute atomic E-state index is 11.8. The Hall–Kier alpha value is -3.92. The largest absolute Gasteiger partial charge is 0.307 e. The van der Waals surface area contributed by atoms with Crippen LogP contribution in [0.15, 0.2) is 84.0 Å². The highest BCUT2D eigenvalue weighted by Crippen LogP contribution is 2.08. The maximum Gasteiger partial charge on any atom is 0.307 e. The fourth-order valence-corrected chi connectivity index (χ4v) is 3.24. The molecule has 2 N–H and O–H groups in total. The number of rotatable bonds is 4. The van der Waals surface area contributed by atoms with E-state index in [1.54, 1.807) is 10.8 Å². The summed E-state index contributed by atoms with van der Waals surface area (Å²) in [6.45, 7) is 0. The molecule has 0 radical (unpaired) electrons. The Kier molecular flexibility index (Phi) is 6.05. The van der Waals surface area contributed by atoms with Crippen LogP contribution in [-0.4, -0.2) is 40.5 Å². The molecule has 0 fully saturated rings. The first-order valence-corrected chi connectivity index (χ1v) is 9.78. The first-order valence-electron chi connectivity index (χ1n) is 8.30. The fraction of sp³-hybridized carbons (Fsp3) is 0. The second-order valence-corrected chi connectivity index (χ2v) is 7.31. The molecule has 29 heavy (non-hydrogen) atoms. The lowest BCUT2D eigenvalue weighted by molar-refractivity contribution is -0.115. The van der Waals surface area contributed by atoms with Crippen LogP contribution in [0, 0.1) is 0 Å². The van der Waals surface area contributed by atoms with Gasteiger partial charge >= 0.3 is 5.91 Å². The normalized spacial score (nSPS) is 10.6. The number of para-hydroxylation sites is 1. The van der Waals surface area contributed by atoms with E-state index in [9.17, 15) is 18.0 Å². The van der Waals surface area contributed by atoms with Crippen molar-refractivity contribution in [1.29, 1.82) is 0 Å². The van der Waals surface area contributed by atoms with Crippen LogP contribution in [0.3, 0.4) is 0 Å². The third-order valence-corrected chi connectivity index (χ3v) is 5.00. The van der Waals surface area contributed by atoms with E-state index in [0.29, 0.717) is 0 Å². The lowest BCUT2D eigenvalue weighted by Gasteiger charge is -2.04. The highest BCUT2D eigenvalue weighted by atomic mass is 32.2. The molecule has 0 aliphatic carbocycles. The SMILES string of the molecule is O=C(NS(=O)(=O)c1ccccc1)C(=O)c1c[nH]nn1.c1ccc2ncccc2c1. The summed E-state index contributed by atoms with van der Waals surface area (Å²) in [5.74, 6) is -2.38. The molecule has 0 saturated heterocycles. The summed E-state index contributed by atoms with van der Waals surface area (Å²) < 4.78 is 25.2. The van der Waals surface area contributed by atoms with Crippen molar-refractivity contribution in [1.82, 2.24) is 25.1 Å². The number of carbonyl (C=O) groups is 2. The van der Waals surface area contributed by atoms with Gasteiger partial charge in [0.15, 0.2) is 5.69 Å². The average Bonchev–Trinajstić information content (AvgIpc) is 3.29. The second-order valence-electron chi connectivity index (χ2n) is 5.63. The zero-order valence-corrected chi connectivity index (χ0v) is 15.7. The number of fused-ring (bicyclic) bond motifs is 1. The lowest BCUT2D eigenvalue weighted by atomic mass is 10.2. The molecule has 0 atom stereocenters. The van der Waals surface area contributed by atoms with E-state index in [4.69, 9.17) is 0 Å². The number of aromatic nitrogens is 4. The zero-order valence-electron chi connectivity index (χ0n) is 14.9. The molecular formula is C19H15N5O4S. The summed E-state index contributed by atoms with van der Waals surface area (Å²) in [5.41, 5.74) is 0.797. The Morgan fingerprint density at radius 3 is 2.28 bits per heavy atom. The average molecular weight is 409 g/mol. The number of H-pyrrole nitrogens is 1. The second kappa shape index (κ2) is 8.85. The number of aromatic amines is 1. The van der Waals surface area contributed by atoms with Crippen LogP contribution in [0.25, 0.3) is 10.9 Å². The molecule has 0 saturated carbocycles. The third-order valence-electron chi connectivity index (χ3n) is 3.65. The number of benzene rings is 2. The molecule has 2 aromatic heterocycles. The molecule has 0 unspecified atom stereocenters. The molecule has 9 nitrogen and oxygen atoms in total. The number of hydrogen-bond acceptors (Lipinski definition) is 7. The molecule has 1 amide bonds. The van der Waals surface area contributed by atoms with Crippen LogP contribution >= 0.6 is 0 Å². The Labute approximate surface area is 165 Å². The van der Waals surface area contributed by atoms with Gasteiger partial charge in [0.1, 0.15) is 0 Å². The minimum absolute atomic E-state index is 0.115. The summed E-state index contributed by atoms with van der Waals surface area (Å²) in [5, 5.41) is 10.0. The molecule has 4 rings (SSSR count). The first-order chi connectivity index (χ1) is 14.0. The van der Waals surface area contributed by atoms with E-state index < -0.39 is 21.7 Å². The number of sulfonamides is 1. The molecule has 10 heteroatoms. The van der Waals surface area contributed by atoms with E-state index in [1.807, 2.05) is 30.5 Å². The Bertz CT molecular complexity index is 1160. The molecule has 2 heterocycles. The van der Waals surface area contributed by atoms with E-state index in [2.05, 4.69) is 32.5 Å². The van der Waals surface area contributed by atoms with Crippen LogP contribution < -0.4 is 4.72 Å². The highest BCUT2D eigenvalue weighted by molar-refractivity contribution is 7.90. The highest BCUT2D eigenvalue weighted by Gasteiger charge is 2.25. The van der Waals surface area contributed by atoms with E-state index in [-0.39, 0.29) is 10.6 Å². The summed E-state index contributed by atoms with van der Waals surface area (Å²) >= 11 is 0. The maximum atomic E-state index is 11.8. The minimum atomic E-state index is -4.07. The Balaban J connectivity index is 0.000000200. The van der Waals surface area contributed by atoms with Crippen molar-refractivity contribution < 1.29 is 18.0 Å². The van der Waals surface area contributed by atoms with Gasteiger partial charge in [-0.3, -0.25) is 19.7 Å². The van der Waals surface area contributed by atoms with Gasteiger partial charge in [-0.05, 0) is 24.3 Å². The van der Waals surface area contributed by atoms with Crippen LogP contribution in [0.1, 0.15) is 10.5 Å². The molecule has 0 aliphatic rings. The van der Waals surface area contributed by atoms with Crippen LogP contribution in [0.2, 0.25) is 0 Å². The summed E-state index contributed by atoms with van der Waals surface area (Å²) in [4.78, 5) is 27.1. The lowest BCUT2D eigenvalue weighted by Crippen LogP contribution is -2.36. The number of amides is 1. The molecule has 0 aliphatic heterocycles. The van der Waals surface area contributed by atoms with E-state index in [1.165, 1.54) is 29.7 Å². The number of Topliss-reactive ketones (excluding diaryl/α,β-unsaturated/α-hetero) is 1. The smallest absolute Gasteiger partial charge is 0.281 e. The van der Waals surface area contributed by atoms with Gasteiger partial charge in [-0.15, -0.1) is 5.10 Å². The van der Waals surface area contributed by atoms with E-state index in [0.717, 1.165) is 11.7 Å². The van der Waals surface area contributed by atoms with Gasteiger partial charge in [-0.1, -0.05) is 47.7 Å². The first kappa shape index (κ1) is 19.8. The van der Waals surface area contributed by atoms with Crippen LogP contribution in [-0.2, 0) is 14.8 Å². The fourth-order valence-electron chi connectivity index (χ4n) is 2.27. The number of nitrogens with one attached hydrogen (secondary N) is 2. The van der Waals surface area contributed by atoms with Gasteiger partial charge in [0, 0.05) is 11.6 Å². The number of carbonyl (C=O) groups excluding carboxylic acids is 2. The third kappa shape index (κ3) is 5.08. The number of hydrogen-bond donors (Lipinski definition) is 2. The van der Waals surface area contributed by atoms with Crippen LogP contribution in [0.4, 0.5) is 0 Å². The quantitative estimate of drug-likeness (QED) is 0.387. The van der Waals surface area contributed by atoms with Crippen LogP contribution in [0.5, 0.6) is 0 Å². The topological polar surface area (TPSA) is 135 Å². The molecule has 0 spiro atoms. The number of pyridine rings is 1. The van der Waals surface area contributed by atoms with Crippen molar-refractivity contribution in [2.45, 2.75) is 4.90 Å². The predicted octanol–water partition coefficient (Wildman–Crippen LogP) is 1.73. The van der Waals surface area contributed by atoms with Crippen molar-refractivity contribution in [3.8, 4) is 0 Å². The van der Waals surface area contributed by atoms with Crippen molar-refractivity contribution in [2.75, 3.05) is 0 Å². The molecule has 0 bridgehead atoms. The number of ketones is 1. The summed E-state index contributed by atoms with van der Waals surface area (Å²) in [7, 11) is -4.07. The predicted molar refractivity (Wildman–Crippen MR) is 104 cm³/mol. The minimum Gasteiger partial charge on any atom is -0.281 e. The van der Waals surface area contributed by atoms with Crippen molar-refractivity contribution in [2.24, 2.45) is 0 Å². The van der Waals surface area contributed by atoms with Crippen molar-refractivity contribution >= 4 is 32.6 Å². The number of nitrogens with zero attached hydrogens (tertiary/aromatic N) is 3. The standard InChI is InChI=1S/C10H8N4O4S.C9H7N/c15-9(8-6-11-14-12-8)10(16)13-19(17,18)7-4-2-1-3-5-7;1-2-6-9-8(4-1)5-3-7-10-9/h1-6H,(H,13,16)(H,11,12,14);1-7H. The molecule has 146 valence electrons. The molecule has 4 aromatic rings. The van der Waals surface area contributed by atoms with Crippen molar-refractivity contribution in [3.05, 3.63) is 84.8 Å². The zero-order chi connectivity index (χ0) is 20.7. The summed E-state index contributed by atoms with van der Waals surface area (Å²) in [6.07, 6.45) is 2.90. The monoisotopic (exact) mass is 409 g/mol.